The summed E-state index contributed by atoms with van der Waals surface area (Å²) in [7, 11) is 1.60. The van der Waals surface area contributed by atoms with Crippen molar-refractivity contribution in [3.05, 3.63) is 69.5 Å². The number of hydrogen-bond donors (Lipinski definition) is 2. The molecule has 0 saturated carbocycles. The number of nitrogens with zero attached hydrogens (tertiary/aromatic N) is 2. The quantitative estimate of drug-likeness (QED) is 0.424. The lowest BCUT2D eigenvalue weighted by atomic mass is 10.1. The van der Waals surface area contributed by atoms with E-state index in [-0.39, 0.29) is 11.5 Å². The standard InChI is InChI=1S/C21H21ClN4O3/c1-3-10-29-19-9-4-14(11-17(19)22)13-23-26-21-24-18(12-20(27)25-21)15-5-7-16(28-2)8-6-15/h4-9,11-13H,3,10H2,1-2H3,(H2,24,25,26,27)/b23-13-. The molecule has 1 heterocycles. The van der Waals surface area contributed by atoms with Gasteiger partial charge in [-0.3, -0.25) is 9.78 Å². The van der Waals surface area contributed by atoms with Crippen LogP contribution in [0.4, 0.5) is 5.95 Å². The van der Waals surface area contributed by atoms with E-state index in [4.69, 9.17) is 21.1 Å². The molecule has 29 heavy (non-hydrogen) atoms. The second kappa shape index (κ2) is 9.75. The van der Waals surface area contributed by atoms with Crippen molar-refractivity contribution >= 4 is 23.8 Å². The molecule has 0 aliphatic rings. The summed E-state index contributed by atoms with van der Waals surface area (Å²) in [5.74, 6) is 1.59. The molecule has 0 aliphatic heterocycles. The molecule has 0 saturated heterocycles. The summed E-state index contributed by atoms with van der Waals surface area (Å²) in [4.78, 5) is 19.0. The van der Waals surface area contributed by atoms with Crippen molar-refractivity contribution < 1.29 is 9.47 Å². The van der Waals surface area contributed by atoms with Gasteiger partial charge in [0.2, 0.25) is 5.95 Å². The van der Waals surface area contributed by atoms with Crippen LogP contribution in [-0.4, -0.2) is 29.9 Å². The lowest BCUT2D eigenvalue weighted by Gasteiger charge is -2.07. The van der Waals surface area contributed by atoms with Gasteiger partial charge < -0.3 is 9.47 Å². The molecule has 0 atom stereocenters. The van der Waals surface area contributed by atoms with Crippen LogP contribution in [0.5, 0.6) is 11.5 Å². The molecule has 2 aromatic carbocycles. The fourth-order valence-electron chi connectivity index (χ4n) is 2.51. The molecular formula is C21H21ClN4O3. The zero-order chi connectivity index (χ0) is 20.6. The smallest absolute Gasteiger partial charge is 0.252 e. The fraction of sp³-hybridized carbons (Fsp3) is 0.190. The van der Waals surface area contributed by atoms with Crippen molar-refractivity contribution in [3.8, 4) is 22.8 Å². The number of aromatic nitrogens is 2. The number of benzene rings is 2. The number of hydrazone groups is 1. The van der Waals surface area contributed by atoms with Gasteiger partial charge in [0, 0.05) is 11.6 Å². The van der Waals surface area contributed by atoms with Gasteiger partial charge in [-0.2, -0.15) is 5.10 Å². The van der Waals surface area contributed by atoms with Crippen LogP contribution in [0.2, 0.25) is 5.02 Å². The first-order valence-corrected chi connectivity index (χ1v) is 9.44. The zero-order valence-electron chi connectivity index (χ0n) is 16.1. The Balaban J connectivity index is 1.72. The van der Waals surface area contributed by atoms with Crippen LogP contribution in [0.25, 0.3) is 11.3 Å². The molecule has 0 amide bonds. The van der Waals surface area contributed by atoms with Gasteiger partial charge in [-0.15, -0.1) is 0 Å². The van der Waals surface area contributed by atoms with Crippen LogP contribution < -0.4 is 20.5 Å². The Kier molecular flexibility index (Phi) is 6.86. The number of methoxy groups -OCH3 is 1. The summed E-state index contributed by atoms with van der Waals surface area (Å²) in [6.07, 6.45) is 2.49. The maximum Gasteiger partial charge on any atom is 0.252 e. The highest BCUT2D eigenvalue weighted by Crippen LogP contribution is 2.25. The molecule has 3 rings (SSSR count). The van der Waals surface area contributed by atoms with Gasteiger partial charge >= 0.3 is 0 Å². The number of H-pyrrole nitrogens is 1. The van der Waals surface area contributed by atoms with Crippen LogP contribution in [0.3, 0.4) is 0 Å². The molecular weight excluding hydrogens is 392 g/mol. The molecule has 1 aromatic heterocycles. The predicted molar refractivity (Wildman–Crippen MR) is 115 cm³/mol. The molecule has 0 radical (unpaired) electrons. The van der Waals surface area contributed by atoms with Gasteiger partial charge in [0.15, 0.2) is 0 Å². The lowest BCUT2D eigenvalue weighted by molar-refractivity contribution is 0.317. The van der Waals surface area contributed by atoms with Crippen LogP contribution in [0.1, 0.15) is 18.9 Å². The molecule has 0 fully saturated rings. The Morgan fingerprint density at radius 3 is 2.69 bits per heavy atom. The van der Waals surface area contributed by atoms with Crippen molar-refractivity contribution in [2.45, 2.75) is 13.3 Å². The normalized spacial score (nSPS) is 10.9. The third kappa shape index (κ3) is 5.58. The molecule has 0 bridgehead atoms. The van der Waals surface area contributed by atoms with Gasteiger partial charge in [0.05, 0.1) is 30.6 Å². The Hall–Kier alpha value is -3.32. The molecule has 0 aliphatic carbocycles. The minimum Gasteiger partial charge on any atom is -0.497 e. The second-order valence-corrected chi connectivity index (χ2v) is 6.52. The van der Waals surface area contributed by atoms with Gasteiger partial charge in [-0.05, 0) is 54.4 Å². The van der Waals surface area contributed by atoms with Gasteiger partial charge in [-0.1, -0.05) is 18.5 Å². The molecule has 7 nitrogen and oxygen atoms in total. The van der Waals surface area contributed by atoms with Crippen molar-refractivity contribution in [3.63, 3.8) is 0 Å². The van der Waals surface area contributed by atoms with Gasteiger partial charge in [-0.25, -0.2) is 10.4 Å². The minimum absolute atomic E-state index is 0.230. The summed E-state index contributed by atoms with van der Waals surface area (Å²) in [5, 5.41) is 4.63. The Bertz CT molecular complexity index is 1050. The summed E-state index contributed by atoms with van der Waals surface area (Å²) < 4.78 is 10.7. The van der Waals surface area contributed by atoms with Gasteiger partial charge in [0.25, 0.3) is 5.56 Å². The summed E-state index contributed by atoms with van der Waals surface area (Å²) in [6.45, 7) is 2.64. The van der Waals surface area contributed by atoms with Gasteiger partial charge in [0.1, 0.15) is 11.5 Å². The van der Waals surface area contributed by atoms with Crippen LogP contribution in [0.15, 0.2) is 58.4 Å². The van der Waals surface area contributed by atoms with Crippen molar-refractivity contribution in [2.75, 3.05) is 19.1 Å². The highest BCUT2D eigenvalue weighted by molar-refractivity contribution is 6.32. The van der Waals surface area contributed by atoms with Crippen molar-refractivity contribution in [1.29, 1.82) is 0 Å². The molecule has 3 aromatic rings. The first kappa shape index (κ1) is 20.4. The van der Waals surface area contributed by atoms with Crippen LogP contribution in [-0.2, 0) is 0 Å². The number of ether oxygens (including phenoxy) is 2. The SMILES string of the molecule is CCCOc1ccc(/C=N\Nc2nc(-c3ccc(OC)cc3)cc(=O)[nH]2)cc1Cl. The maximum atomic E-state index is 12.0. The van der Waals surface area contributed by atoms with Crippen molar-refractivity contribution in [1.82, 2.24) is 9.97 Å². The van der Waals surface area contributed by atoms with E-state index in [1.54, 1.807) is 37.6 Å². The minimum atomic E-state index is -0.288. The molecule has 0 spiro atoms. The van der Waals surface area contributed by atoms with E-state index < -0.39 is 0 Å². The maximum absolute atomic E-state index is 12.0. The highest BCUT2D eigenvalue weighted by atomic mass is 35.5. The van der Waals surface area contributed by atoms with Crippen LogP contribution >= 0.6 is 11.6 Å². The van der Waals surface area contributed by atoms with Crippen LogP contribution in [0, 0.1) is 0 Å². The third-order valence-electron chi connectivity index (χ3n) is 3.93. The van der Waals surface area contributed by atoms with E-state index >= 15 is 0 Å². The second-order valence-electron chi connectivity index (χ2n) is 6.12. The molecule has 2 N–H and O–H groups in total. The Morgan fingerprint density at radius 1 is 1.21 bits per heavy atom. The third-order valence-corrected chi connectivity index (χ3v) is 4.22. The number of anilines is 1. The van der Waals surface area contributed by atoms with E-state index in [2.05, 4.69) is 20.5 Å². The summed E-state index contributed by atoms with van der Waals surface area (Å²) in [6, 6.07) is 14.1. The van der Waals surface area contributed by atoms with E-state index in [9.17, 15) is 4.79 Å². The average molecular weight is 413 g/mol. The Morgan fingerprint density at radius 2 is 2.00 bits per heavy atom. The van der Waals surface area contributed by atoms with E-state index in [1.807, 2.05) is 25.1 Å². The van der Waals surface area contributed by atoms with E-state index in [0.29, 0.717) is 23.1 Å². The monoisotopic (exact) mass is 412 g/mol. The van der Waals surface area contributed by atoms with E-state index in [1.165, 1.54) is 6.07 Å². The number of rotatable bonds is 8. The molecule has 0 unspecified atom stereocenters. The fourth-order valence-corrected chi connectivity index (χ4v) is 2.76. The zero-order valence-corrected chi connectivity index (χ0v) is 16.9. The lowest BCUT2D eigenvalue weighted by Crippen LogP contribution is -2.10. The number of nitrogens with one attached hydrogen (secondary N) is 2. The number of hydrogen-bond acceptors (Lipinski definition) is 6. The number of halogens is 1. The topological polar surface area (TPSA) is 88.6 Å². The summed E-state index contributed by atoms with van der Waals surface area (Å²) >= 11 is 6.22. The first-order chi connectivity index (χ1) is 14.1. The average Bonchev–Trinajstić information content (AvgIpc) is 2.73. The molecule has 8 heteroatoms. The Labute approximate surface area is 173 Å². The van der Waals surface area contributed by atoms with Crippen molar-refractivity contribution in [2.24, 2.45) is 5.10 Å². The first-order valence-electron chi connectivity index (χ1n) is 9.06. The predicted octanol–water partition coefficient (Wildman–Crippen LogP) is 4.33. The summed E-state index contributed by atoms with van der Waals surface area (Å²) in [5.41, 5.74) is 4.54. The number of aromatic amines is 1. The largest absolute Gasteiger partial charge is 0.497 e. The molecule has 150 valence electrons. The highest BCUT2D eigenvalue weighted by Gasteiger charge is 2.05. The van der Waals surface area contributed by atoms with E-state index in [0.717, 1.165) is 23.3 Å².